The third-order valence-electron chi connectivity index (χ3n) is 3.47. The summed E-state index contributed by atoms with van der Waals surface area (Å²) in [5.74, 6) is -0.591. The van der Waals surface area contributed by atoms with Gasteiger partial charge in [0, 0.05) is 18.0 Å². The Kier molecular flexibility index (Phi) is 3.15. The van der Waals surface area contributed by atoms with Gasteiger partial charge in [-0.3, -0.25) is 0 Å². The van der Waals surface area contributed by atoms with E-state index in [2.05, 4.69) is 0 Å². The van der Waals surface area contributed by atoms with Gasteiger partial charge in [-0.1, -0.05) is 0 Å². The number of hydrogen-bond donors (Lipinski definition) is 1. The highest BCUT2D eigenvalue weighted by Gasteiger charge is 2.41. The van der Waals surface area contributed by atoms with Crippen molar-refractivity contribution in [2.75, 3.05) is 6.54 Å². The Bertz CT molecular complexity index is 599. The van der Waals surface area contributed by atoms with Gasteiger partial charge in [-0.2, -0.15) is 4.31 Å². The summed E-state index contributed by atoms with van der Waals surface area (Å²) >= 11 is 0.995. The van der Waals surface area contributed by atoms with Gasteiger partial charge in [0.15, 0.2) is 0 Å². The van der Waals surface area contributed by atoms with Crippen LogP contribution in [0.2, 0.25) is 0 Å². The van der Waals surface area contributed by atoms with E-state index in [0.29, 0.717) is 12.5 Å². The lowest BCUT2D eigenvalue weighted by atomic mass is 10.4. The van der Waals surface area contributed by atoms with E-state index < -0.39 is 16.0 Å². The molecule has 0 aromatic carbocycles. The van der Waals surface area contributed by atoms with Gasteiger partial charge < -0.3 is 5.11 Å². The van der Waals surface area contributed by atoms with Crippen LogP contribution in [-0.4, -0.2) is 36.4 Å². The molecule has 1 aromatic heterocycles. The summed E-state index contributed by atoms with van der Waals surface area (Å²) < 4.78 is 26.8. The highest BCUT2D eigenvalue weighted by molar-refractivity contribution is 7.91. The number of hydrogen-bond acceptors (Lipinski definition) is 4. The maximum Gasteiger partial charge on any atom is 0.336 e. The maximum absolute atomic E-state index is 12.6. The largest absolute Gasteiger partial charge is 0.478 e. The summed E-state index contributed by atoms with van der Waals surface area (Å²) in [5.41, 5.74) is 0.0470. The number of carboxylic acids is 1. The predicted octanol–water partition coefficient (Wildman–Crippen LogP) is 2.01. The van der Waals surface area contributed by atoms with Gasteiger partial charge in [0.25, 0.3) is 10.0 Å². The van der Waals surface area contributed by atoms with E-state index in [0.717, 1.165) is 37.0 Å². The molecule has 19 heavy (non-hydrogen) atoms. The summed E-state index contributed by atoms with van der Waals surface area (Å²) in [4.78, 5) is 10.8. The van der Waals surface area contributed by atoms with Crippen molar-refractivity contribution in [3.63, 3.8) is 0 Å². The third-order valence-corrected chi connectivity index (χ3v) is 6.81. The molecule has 2 aliphatic rings. The second kappa shape index (κ2) is 4.57. The maximum atomic E-state index is 12.6. The molecular formula is C12H15NO4S2. The number of carboxylic acid groups (broad SMARTS) is 1. The molecule has 0 amide bonds. The van der Waals surface area contributed by atoms with Crippen LogP contribution in [-0.2, 0) is 10.0 Å². The van der Waals surface area contributed by atoms with E-state index in [1.807, 2.05) is 0 Å². The Hall–Kier alpha value is -0.920. The minimum atomic E-state index is -3.52. The smallest absolute Gasteiger partial charge is 0.336 e. The zero-order valence-corrected chi connectivity index (χ0v) is 11.9. The average Bonchev–Trinajstić information content (AvgIpc) is 3.24. The number of rotatable bonds is 6. The predicted molar refractivity (Wildman–Crippen MR) is 70.9 cm³/mol. The monoisotopic (exact) mass is 301 g/mol. The van der Waals surface area contributed by atoms with E-state index in [1.165, 1.54) is 11.4 Å². The van der Waals surface area contributed by atoms with Gasteiger partial charge in [-0.15, -0.1) is 11.3 Å². The van der Waals surface area contributed by atoms with Gasteiger partial charge in [-0.25, -0.2) is 13.2 Å². The van der Waals surface area contributed by atoms with Crippen molar-refractivity contribution in [1.82, 2.24) is 4.31 Å². The second-order valence-corrected chi connectivity index (χ2v) is 8.24. The van der Waals surface area contributed by atoms with Crippen LogP contribution in [0.4, 0.5) is 0 Å². The van der Waals surface area contributed by atoms with Crippen LogP contribution in [0.25, 0.3) is 0 Å². The van der Waals surface area contributed by atoms with Crippen LogP contribution in [0, 0.1) is 5.92 Å². The van der Waals surface area contributed by atoms with Crippen molar-refractivity contribution in [3.8, 4) is 0 Å². The van der Waals surface area contributed by atoms with Crippen molar-refractivity contribution in [2.24, 2.45) is 5.92 Å². The van der Waals surface area contributed by atoms with E-state index >= 15 is 0 Å². The van der Waals surface area contributed by atoms with Crippen molar-refractivity contribution < 1.29 is 18.3 Å². The molecule has 5 nitrogen and oxygen atoms in total. The quantitative estimate of drug-likeness (QED) is 0.872. The summed E-state index contributed by atoms with van der Waals surface area (Å²) in [6.07, 6.45) is 4.04. The Labute approximate surface area is 115 Å². The first-order valence-corrected chi connectivity index (χ1v) is 8.64. The average molecular weight is 301 g/mol. The second-order valence-electron chi connectivity index (χ2n) is 5.21. The molecule has 3 rings (SSSR count). The van der Waals surface area contributed by atoms with Crippen LogP contribution in [0.3, 0.4) is 0 Å². The molecule has 1 N–H and O–H groups in total. The Morgan fingerprint density at radius 1 is 1.37 bits per heavy atom. The number of aromatic carboxylic acids is 1. The van der Waals surface area contributed by atoms with Crippen LogP contribution in [0.1, 0.15) is 36.0 Å². The lowest BCUT2D eigenvalue weighted by molar-refractivity contribution is 0.0697. The number of thiophene rings is 1. The van der Waals surface area contributed by atoms with Gasteiger partial charge in [0.1, 0.15) is 4.21 Å². The minimum Gasteiger partial charge on any atom is -0.478 e. The molecule has 2 saturated carbocycles. The molecule has 0 aliphatic heterocycles. The molecule has 0 radical (unpaired) electrons. The van der Waals surface area contributed by atoms with E-state index in [-0.39, 0.29) is 15.8 Å². The molecule has 0 bridgehead atoms. The third kappa shape index (κ3) is 2.68. The van der Waals surface area contributed by atoms with Crippen molar-refractivity contribution in [1.29, 1.82) is 0 Å². The lowest BCUT2D eigenvalue weighted by Gasteiger charge is -2.20. The van der Waals surface area contributed by atoms with Gasteiger partial charge >= 0.3 is 5.97 Å². The molecule has 0 unspecified atom stereocenters. The lowest BCUT2D eigenvalue weighted by Crippen LogP contribution is -2.34. The van der Waals surface area contributed by atoms with Gasteiger partial charge in [0.2, 0.25) is 0 Å². The molecule has 1 heterocycles. The fraction of sp³-hybridized carbons (Fsp3) is 0.583. The normalized spacial score (nSPS) is 19.8. The van der Waals surface area contributed by atoms with Crippen molar-refractivity contribution in [2.45, 2.75) is 35.9 Å². The topological polar surface area (TPSA) is 74.7 Å². The number of sulfonamides is 1. The zero-order valence-electron chi connectivity index (χ0n) is 10.3. The summed E-state index contributed by atoms with van der Waals surface area (Å²) in [5, 5.41) is 10.3. The molecule has 104 valence electrons. The van der Waals surface area contributed by atoms with Crippen LogP contribution < -0.4 is 0 Å². The SMILES string of the molecule is O=C(O)c1csc(S(=O)(=O)N(CC2CC2)C2CC2)c1. The van der Waals surface area contributed by atoms with E-state index in [9.17, 15) is 13.2 Å². The summed E-state index contributed by atoms with van der Waals surface area (Å²) in [7, 11) is -3.52. The Balaban J connectivity index is 1.87. The van der Waals surface area contributed by atoms with Crippen LogP contribution >= 0.6 is 11.3 Å². The van der Waals surface area contributed by atoms with E-state index in [4.69, 9.17) is 5.11 Å². The molecule has 2 fully saturated rings. The fourth-order valence-electron chi connectivity index (χ4n) is 2.04. The first kappa shape index (κ1) is 13.1. The standard InChI is InChI=1S/C12H15NO4S2/c14-12(15)9-5-11(18-7-9)19(16,17)13(10-3-4-10)6-8-1-2-8/h5,7-8,10H,1-4,6H2,(H,14,15). The number of nitrogens with zero attached hydrogens (tertiary/aromatic N) is 1. The van der Waals surface area contributed by atoms with Gasteiger partial charge in [-0.05, 0) is 37.7 Å². The molecule has 0 spiro atoms. The molecular weight excluding hydrogens is 286 g/mol. The molecule has 2 aliphatic carbocycles. The zero-order chi connectivity index (χ0) is 13.6. The summed E-state index contributed by atoms with van der Waals surface area (Å²) in [6.45, 7) is 0.591. The van der Waals surface area contributed by atoms with Crippen LogP contribution in [0.15, 0.2) is 15.7 Å². The molecule has 1 aromatic rings. The molecule has 0 atom stereocenters. The highest BCUT2D eigenvalue weighted by atomic mass is 32.2. The first-order valence-electron chi connectivity index (χ1n) is 6.32. The van der Waals surface area contributed by atoms with Crippen molar-refractivity contribution in [3.05, 3.63) is 17.0 Å². The fourth-order valence-corrected chi connectivity index (χ4v) is 5.08. The summed E-state index contributed by atoms with van der Waals surface area (Å²) in [6, 6.07) is 1.39. The van der Waals surface area contributed by atoms with Crippen molar-refractivity contribution >= 4 is 27.3 Å². The van der Waals surface area contributed by atoms with E-state index in [1.54, 1.807) is 4.31 Å². The minimum absolute atomic E-state index is 0.0470. The number of carbonyl (C=O) groups is 1. The molecule has 7 heteroatoms. The molecule has 0 saturated heterocycles. The first-order chi connectivity index (χ1) is 8.98. The van der Waals surface area contributed by atoms with Crippen LogP contribution in [0.5, 0.6) is 0 Å². The highest BCUT2D eigenvalue weighted by Crippen LogP contribution is 2.39. The van der Waals surface area contributed by atoms with Gasteiger partial charge in [0.05, 0.1) is 5.56 Å². The Morgan fingerprint density at radius 3 is 2.53 bits per heavy atom. The Morgan fingerprint density at radius 2 is 2.05 bits per heavy atom.